The predicted octanol–water partition coefficient (Wildman–Crippen LogP) is 4.52. The molecule has 4 rings (SSSR count). The van der Waals surface area contributed by atoms with Crippen molar-refractivity contribution in [1.82, 2.24) is 0 Å². The molecule has 9 heteroatoms. The van der Waals surface area contributed by atoms with Crippen LogP contribution in [0, 0.1) is 0 Å². The van der Waals surface area contributed by atoms with Crippen LogP contribution in [0.4, 0.5) is 28.4 Å². The molecule has 1 fully saturated rings. The van der Waals surface area contributed by atoms with E-state index in [1.54, 1.807) is 26.1 Å². The van der Waals surface area contributed by atoms with Crippen molar-refractivity contribution in [3.8, 4) is 0 Å². The van der Waals surface area contributed by atoms with Crippen molar-refractivity contribution in [2.45, 2.75) is 25.9 Å². The molecule has 1 aliphatic heterocycles. The van der Waals surface area contributed by atoms with Gasteiger partial charge in [-0.25, -0.2) is 0 Å². The second-order valence-electron chi connectivity index (χ2n) is 9.44. The van der Waals surface area contributed by atoms with Crippen LogP contribution in [0.5, 0.6) is 0 Å². The van der Waals surface area contributed by atoms with Crippen molar-refractivity contribution in [2.75, 3.05) is 41.0 Å². The average Bonchev–Trinajstić information content (AvgIpc) is 2.94. The molecule has 0 aromatic heterocycles. The van der Waals surface area contributed by atoms with Gasteiger partial charge in [-0.3, -0.25) is 14.6 Å². The molecule has 0 saturated carbocycles. The molecule has 9 nitrogen and oxygen atoms in total. The van der Waals surface area contributed by atoms with Crippen molar-refractivity contribution in [3.63, 3.8) is 0 Å². The van der Waals surface area contributed by atoms with E-state index in [0.717, 1.165) is 43.0 Å². The molecule has 1 aliphatic rings. The third kappa shape index (κ3) is 7.45. The number of carbonyl (C=O) groups excluding carboxylic acids is 2. The molecule has 0 bridgehead atoms. The molecule has 0 unspecified atom stereocenters. The number of aliphatic hydroxyl groups excluding tert-OH is 1. The maximum Gasteiger partial charge on any atom is 0.258 e. The highest BCUT2D eigenvalue weighted by atomic mass is 16.3. The molecule has 0 atom stereocenters. The number of aliphatic hydroxyl groups is 1. The number of benzene rings is 3. The highest BCUT2D eigenvalue weighted by molar-refractivity contribution is 6.18. The zero-order valence-electron chi connectivity index (χ0n) is 22.1. The van der Waals surface area contributed by atoms with E-state index in [0.29, 0.717) is 28.2 Å². The number of anilines is 5. The molecular weight excluding hydrogens is 492 g/mol. The van der Waals surface area contributed by atoms with Crippen molar-refractivity contribution >= 4 is 46.5 Å². The number of aliphatic imine (C=N–C) groups is 1. The average molecular weight is 527 g/mol. The third-order valence-electron chi connectivity index (χ3n) is 6.46. The van der Waals surface area contributed by atoms with E-state index in [-0.39, 0.29) is 17.9 Å². The van der Waals surface area contributed by atoms with Crippen LogP contribution in [0.2, 0.25) is 0 Å². The number of nitrogens with zero attached hydrogens (tertiary/aromatic N) is 2. The summed E-state index contributed by atoms with van der Waals surface area (Å²) in [4.78, 5) is 31.2. The van der Waals surface area contributed by atoms with Crippen LogP contribution in [0.25, 0.3) is 0 Å². The fourth-order valence-corrected chi connectivity index (χ4v) is 4.26. The molecule has 6 N–H and O–H groups in total. The molecule has 39 heavy (non-hydrogen) atoms. The van der Waals surface area contributed by atoms with Crippen molar-refractivity contribution < 1.29 is 14.7 Å². The summed E-state index contributed by atoms with van der Waals surface area (Å²) in [5, 5.41) is 18.7. The Morgan fingerprint density at radius 2 is 1.38 bits per heavy atom. The largest absolute Gasteiger partial charge is 0.402 e. The van der Waals surface area contributed by atoms with Crippen molar-refractivity contribution in [2.24, 2.45) is 10.7 Å². The van der Waals surface area contributed by atoms with Gasteiger partial charge in [-0.15, -0.1) is 0 Å². The van der Waals surface area contributed by atoms with E-state index in [4.69, 9.17) is 5.73 Å². The Morgan fingerprint density at radius 3 is 1.90 bits per heavy atom. The number of hydrogen-bond acceptors (Lipinski definition) is 7. The van der Waals surface area contributed by atoms with E-state index in [1.165, 1.54) is 6.21 Å². The standard InChI is InChI=1S/C30H34N6O3/c1-20(31)28(19-32-2)30(39)35-25-11-7-23(8-12-25)33-22-5-9-24(10-6-22)34-29(38)21-3-13-26(14-4-21)36-17-15-27(37)16-18-36/h3-14,19,27,33,37H,15-18,31H2,1-2H3,(H,34,38)(H,35,39). The number of rotatable bonds is 8. The Labute approximate surface area is 228 Å². The van der Waals surface area contributed by atoms with E-state index >= 15 is 0 Å². The second kappa shape index (κ2) is 12.7. The van der Waals surface area contributed by atoms with E-state index < -0.39 is 0 Å². The molecular formula is C30H34N6O3. The maximum atomic E-state index is 12.7. The van der Waals surface area contributed by atoms with Crippen LogP contribution < -0.4 is 26.6 Å². The number of amides is 2. The summed E-state index contributed by atoms with van der Waals surface area (Å²) < 4.78 is 0. The highest BCUT2D eigenvalue weighted by Crippen LogP contribution is 2.23. The fourth-order valence-electron chi connectivity index (χ4n) is 4.26. The van der Waals surface area contributed by atoms with Gasteiger partial charge in [-0.05, 0) is 92.6 Å². The van der Waals surface area contributed by atoms with Gasteiger partial charge in [0.1, 0.15) is 0 Å². The topological polar surface area (TPSA) is 132 Å². The molecule has 3 aromatic carbocycles. The minimum Gasteiger partial charge on any atom is -0.402 e. The van der Waals surface area contributed by atoms with Gasteiger partial charge in [-0.2, -0.15) is 0 Å². The van der Waals surface area contributed by atoms with Gasteiger partial charge in [0, 0.05) is 66.0 Å². The van der Waals surface area contributed by atoms with E-state index in [2.05, 4.69) is 25.8 Å². The van der Waals surface area contributed by atoms with Crippen LogP contribution in [0.15, 0.2) is 89.1 Å². The number of carbonyl (C=O) groups is 2. The van der Waals surface area contributed by atoms with Crippen LogP contribution >= 0.6 is 0 Å². The molecule has 0 aliphatic carbocycles. The first-order chi connectivity index (χ1) is 18.8. The summed E-state index contributed by atoms with van der Waals surface area (Å²) in [5.74, 6) is -0.500. The van der Waals surface area contributed by atoms with Gasteiger partial charge in [0.2, 0.25) is 0 Å². The number of nitrogens with two attached hydrogens (primary N) is 1. The molecule has 0 spiro atoms. The van der Waals surface area contributed by atoms with Crippen LogP contribution in [0.3, 0.4) is 0 Å². The lowest BCUT2D eigenvalue weighted by atomic mass is 10.1. The van der Waals surface area contributed by atoms with Gasteiger partial charge in [0.15, 0.2) is 0 Å². The Balaban J connectivity index is 1.30. The van der Waals surface area contributed by atoms with Gasteiger partial charge in [-0.1, -0.05) is 0 Å². The minimum absolute atomic E-state index is 0.179. The molecule has 2 amide bonds. The lowest BCUT2D eigenvalue weighted by Gasteiger charge is -2.31. The first-order valence-corrected chi connectivity index (χ1v) is 12.8. The lowest BCUT2D eigenvalue weighted by Crippen LogP contribution is -2.35. The quantitative estimate of drug-likeness (QED) is 0.217. The third-order valence-corrected chi connectivity index (χ3v) is 6.46. The normalized spacial score (nSPS) is 14.6. The van der Waals surface area contributed by atoms with Gasteiger partial charge >= 0.3 is 0 Å². The summed E-state index contributed by atoms with van der Waals surface area (Å²) in [5.41, 5.74) is 11.1. The summed E-state index contributed by atoms with van der Waals surface area (Å²) in [6, 6.07) is 22.3. The first kappa shape index (κ1) is 27.4. The highest BCUT2D eigenvalue weighted by Gasteiger charge is 2.17. The first-order valence-electron chi connectivity index (χ1n) is 12.8. The number of allylic oxidation sites excluding steroid dienone is 1. The summed E-state index contributed by atoms with van der Waals surface area (Å²) >= 11 is 0. The Bertz CT molecular complexity index is 1340. The van der Waals surface area contributed by atoms with Crippen molar-refractivity contribution in [3.05, 3.63) is 89.6 Å². The SMILES string of the molecule is CN=CC(C(=O)Nc1ccc(Nc2ccc(NC(=O)c3ccc(N4CCC(O)CC4)cc3)cc2)cc1)=C(C)N. The Hall–Kier alpha value is -4.63. The fraction of sp³-hybridized carbons (Fsp3) is 0.233. The molecule has 0 radical (unpaired) electrons. The van der Waals surface area contributed by atoms with Gasteiger partial charge in [0.25, 0.3) is 11.8 Å². The zero-order chi connectivity index (χ0) is 27.8. The molecule has 202 valence electrons. The minimum atomic E-state index is -0.322. The van der Waals surface area contributed by atoms with Crippen LogP contribution in [-0.2, 0) is 4.79 Å². The Kier molecular flexibility index (Phi) is 8.96. The molecule has 1 saturated heterocycles. The van der Waals surface area contributed by atoms with Crippen LogP contribution in [-0.4, -0.2) is 49.4 Å². The van der Waals surface area contributed by atoms with Gasteiger partial charge < -0.3 is 31.7 Å². The number of piperidine rings is 1. The molecule has 3 aromatic rings. The smallest absolute Gasteiger partial charge is 0.258 e. The Morgan fingerprint density at radius 1 is 0.872 bits per heavy atom. The summed E-state index contributed by atoms with van der Waals surface area (Å²) in [6.45, 7) is 3.28. The van der Waals surface area contributed by atoms with Crippen molar-refractivity contribution in [1.29, 1.82) is 0 Å². The lowest BCUT2D eigenvalue weighted by molar-refractivity contribution is -0.112. The summed E-state index contributed by atoms with van der Waals surface area (Å²) in [6.07, 6.45) is 2.75. The maximum absolute atomic E-state index is 12.7. The predicted molar refractivity (Wildman–Crippen MR) is 158 cm³/mol. The van der Waals surface area contributed by atoms with Gasteiger partial charge in [0.05, 0.1) is 11.7 Å². The van der Waals surface area contributed by atoms with E-state index in [1.807, 2.05) is 60.7 Å². The second-order valence-corrected chi connectivity index (χ2v) is 9.44. The molecule has 1 heterocycles. The van der Waals surface area contributed by atoms with Crippen LogP contribution in [0.1, 0.15) is 30.1 Å². The summed E-state index contributed by atoms with van der Waals surface area (Å²) in [7, 11) is 1.58. The zero-order valence-corrected chi connectivity index (χ0v) is 22.1. The number of hydrogen-bond donors (Lipinski definition) is 5. The van der Waals surface area contributed by atoms with E-state index in [9.17, 15) is 14.7 Å². The monoisotopic (exact) mass is 526 g/mol. The number of nitrogens with one attached hydrogen (secondary N) is 3.